The summed E-state index contributed by atoms with van der Waals surface area (Å²) in [6.45, 7) is 3.30. The number of rotatable bonds is 13. The van der Waals surface area contributed by atoms with Crippen molar-refractivity contribution in [1.29, 1.82) is 0 Å². The number of oxazole rings is 1. The largest absolute Gasteiger partial charge is 0.465 e. The minimum Gasteiger partial charge on any atom is -0.465 e. The molecule has 0 bridgehead atoms. The molecule has 0 aliphatic carbocycles. The average Bonchev–Trinajstić information content (AvgIpc) is 3.49. The van der Waals surface area contributed by atoms with Crippen molar-refractivity contribution in [2.45, 2.75) is 44.7 Å². The van der Waals surface area contributed by atoms with Crippen molar-refractivity contribution in [3.63, 3.8) is 0 Å². The van der Waals surface area contributed by atoms with E-state index in [2.05, 4.69) is 20.9 Å². The third-order valence-electron chi connectivity index (χ3n) is 8.12. The molecule has 0 aliphatic heterocycles. The second-order valence-corrected chi connectivity index (χ2v) is 11.8. The predicted octanol–water partition coefficient (Wildman–Crippen LogP) is 6.73. The maximum atomic E-state index is 13.7. The highest BCUT2D eigenvalue weighted by molar-refractivity contribution is 5.99. The van der Waals surface area contributed by atoms with E-state index in [1.807, 2.05) is 90.2 Å². The molecule has 1 heterocycles. The van der Waals surface area contributed by atoms with Crippen LogP contribution in [0.4, 0.5) is 21.0 Å². The van der Waals surface area contributed by atoms with Gasteiger partial charge in [0.15, 0.2) is 11.7 Å². The van der Waals surface area contributed by atoms with Crippen molar-refractivity contribution < 1.29 is 33.8 Å². The Balaban J connectivity index is 1.41. The van der Waals surface area contributed by atoms with Gasteiger partial charge in [0.25, 0.3) is 11.8 Å². The molecule has 0 fully saturated rings. The van der Waals surface area contributed by atoms with Crippen LogP contribution in [0.2, 0.25) is 0 Å². The molecule has 6 N–H and O–H groups in total. The van der Waals surface area contributed by atoms with E-state index in [0.717, 1.165) is 22.3 Å². The number of carbonyl (C=O) groups is 4. The summed E-state index contributed by atoms with van der Waals surface area (Å²) in [5.74, 6) is -0.359. The van der Waals surface area contributed by atoms with E-state index in [0.29, 0.717) is 41.6 Å². The predicted molar refractivity (Wildman–Crippen MR) is 189 cm³/mol. The Morgan fingerprint density at radius 3 is 1.90 bits per heavy atom. The van der Waals surface area contributed by atoms with E-state index < -0.39 is 35.6 Å². The van der Waals surface area contributed by atoms with Crippen LogP contribution in [0.3, 0.4) is 0 Å². The van der Waals surface area contributed by atoms with Gasteiger partial charge in [0.2, 0.25) is 0 Å². The van der Waals surface area contributed by atoms with Gasteiger partial charge >= 0.3 is 12.2 Å². The molecular formula is C38H37N5O7. The molecule has 4 amide bonds. The van der Waals surface area contributed by atoms with Crippen LogP contribution in [-0.2, 0) is 22.4 Å². The third-order valence-corrected chi connectivity index (χ3v) is 8.12. The number of imide groups is 2. The number of benzene rings is 4. The quantitative estimate of drug-likeness (QED) is 0.0782. The zero-order chi connectivity index (χ0) is 35.7. The second kappa shape index (κ2) is 15.6. The van der Waals surface area contributed by atoms with Gasteiger partial charge in [0.1, 0.15) is 17.3 Å². The summed E-state index contributed by atoms with van der Waals surface area (Å²) in [4.78, 5) is 52.8. The van der Waals surface area contributed by atoms with Crippen LogP contribution in [0.15, 0.2) is 114 Å². The third kappa shape index (κ3) is 8.92. The lowest BCUT2D eigenvalue weighted by atomic mass is 9.83. The van der Waals surface area contributed by atoms with Gasteiger partial charge in [-0.2, -0.15) is 0 Å². The Kier molecular flexibility index (Phi) is 10.9. The maximum Gasteiger partial charge on any atom is 0.411 e. The Labute approximate surface area is 288 Å². The van der Waals surface area contributed by atoms with Gasteiger partial charge in [-0.3, -0.25) is 20.2 Å². The van der Waals surface area contributed by atoms with E-state index in [4.69, 9.17) is 9.52 Å². The molecule has 1 aromatic heterocycles. The van der Waals surface area contributed by atoms with Crippen molar-refractivity contribution in [2.24, 2.45) is 0 Å². The number of carbonyl (C=O) groups excluding carboxylic acids is 2. The number of nitrogens with one attached hydrogen (secondary N) is 4. The first kappa shape index (κ1) is 34.9. The average molecular weight is 676 g/mol. The lowest BCUT2D eigenvalue weighted by Gasteiger charge is -2.34. The van der Waals surface area contributed by atoms with Gasteiger partial charge in [0, 0.05) is 35.8 Å². The normalized spacial score (nSPS) is 12.6. The molecule has 12 nitrogen and oxygen atoms in total. The van der Waals surface area contributed by atoms with Crippen LogP contribution in [-0.4, -0.2) is 50.8 Å². The van der Waals surface area contributed by atoms with E-state index in [9.17, 15) is 24.3 Å². The molecule has 0 radical (unpaired) electrons. The molecule has 5 aromatic rings. The summed E-state index contributed by atoms with van der Waals surface area (Å²) in [5.41, 5.74) is 3.85. The summed E-state index contributed by atoms with van der Waals surface area (Å²) >= 11 is 0. The number of hydrogen-bond acceptors (Lipinski definition) is 8. The molecule has 0 spiro atoms. The van der Waals surface area contributed by atoms with Crippen LogP contribution >= 0.6 is 0 Å². The molecule has 0 saturated heterocycles. The maximum absolute atomic E-state index is 13.7. The fourth-order valence-corrected chi connectivity index (χ4v) is 5.66. The topological polar surface area (TPSA) is 183 Å². The standard InChI is InChI=1S/C38H37N5O7/c1-24(34(44)41-36(46)47)39-30-17-15-29(16-18-30)33-32(40-25(2)50-33)28-13-19-31(20-14-28)43-38(35(45)42-37(48)49,23-27-11-7-4-8-12-27)22-21-26-9-5-3-6-10-26/h3-20,24,39,43H,21-23H2,1-2H3,(H,41,44)(H,42,45)(H,46,47)(H,48,49)/t24-,38-/m0/s1. The monoisotopic (exact) mass is 675 g/mol. The highest BCUT2D eigenvalue weighted by Gasteiger charge is 2.39. The van der Waals surface area contributed by atoms with Crippen molar-refractivity contribution in [1.82, 2.24) is 15.6 Å². The first-order valence-electron chi connectivity index (χ1n) is 15.9. The first-order chi connectivity index (χ1) is 24.0. The molecular weight excluding hydrogens is 638 g/mol. The van der Waals surface area contributed by atoms with Crippen molar-refractivity contribution >= 4 is 35.4 Å². The smallest absolute Gasteiger partial charge is 0.411 e. The Bertz CT molecular complexity index is 1950. The highest BCUT2D eigenvalue weighted by atomic mass is 16.4. The number of amides is 4. The molecule has 0 saturated carbocycles. The number of hydrogen-bond donors (Lipinski definition) is 6. The van der Waals surface area contributed by atoms with Crippen LogP contribution < -0.4 is 21.3 Å². The van der Waals surface area contributed by atoms with Crippen molar-refractivity contribution in [3.8, 4) is 22.6 Å². The van der Waals surface area contributed by atoms with Gasteiger partial charge in [0.05, 0.1) is 0 Å². The Morgan fingerprint density at radius 1 is 0.740 bits per heavy atom. The van der Waals surface area contributed by atoms with Gasteiger partial charge in [-0.1, -0.05) is 72.8 Å². The highest BCUT2D eigenvalue weighted by Crippen LogP contribution is 2.35. The summed E-state index contributed by atoms with van der Waals surface area (Å²) in [6, 6.07) is 32.8. The molecule has 0 aliphatic rings. The van der Waals surface area contributed by atoms with Crippen molar-refractivity contribution in [2.75, 3.05) is 10.6 Å². The fraction of sp³-hybridized carbons (Fsp3) is 0.184. The molecule has 5 rings (SSSR count). The zero-order valence-electron chi connectivity index (χ0n) is 27.5. The van der Waals surface area contributed by atoms with Gasteiger partial charge < -0.3 is 25.3 Å². The van der Waals surface area contributed by atoms with Crippen LogP contribution in [0.1, 0.15) is 30.4 Å². The first-order valence-corrected chi connectivity index (χ1v) is 15.9. The molecule has 50 heavy (non-hydrogen) atoms. The number of carboxylic acid groups (broad SMARTS) is 2. The van der Waals surface area contributed by atoms with E-state index in [-0.39, 0.29) is 6.42 Å². The van der Waals surface area contributed by atoms with Gasteiger partial charge in [-0.15, -0.1) is 0 Å². The van der Waals surface area contributed by atoms with Crippen LogP contribution in [0.25, 0.3) is 22.6 Å². The molecule has 2 atom stereocenters. The molecule has 4 aromatic carbocycles. The van der Waals surface area contributed by atoms with Crippen molar-refractivity contribution in [3.05, 3.63) is 126 Å². The van der Waals surface area contributed by atoms with Crippen LogP contribution in [0, 0.1) is 6.92 Å². The van der Waals surface area contributed by atoms with E-state index in [1.54, 1.807) is 38.1 Å². The van der Waals surface area contributed by atoms with Gasteiger partial charge in [-0.05, 0) is 67.3 Å². The minimum atomic E-state index is -1.43. The lowest BCUT2D eigenvalue weighted by molar-refractivity contribution is -0.125. The van der Waals surface area contributed by atoms with E-state index in [1.165, 1.54) is 0 Å². The molecule has 0 unspecified atom stereocenters. The second-order valence-electron chi connectivity index (χ2n) is 11.8. The van der Waals surface area contributed by atoms with Crippen LogP contribution in [0.5, 0.6) is 0 Å². The number of nitrogens with zero attached hydrogens (tertiary/aromatic N) is 1. The van der Waals surface area contributed by atoms with E-state index >= 15 is 0 Å². The summed E-state index contributed by atoms with van der Waals surface area (Å²) < 4.78 is 5.99. The number of anilines is 2. The minimum absolute atomic E-state index is 0.238. The SMILES string of the molecule is Cc1nc(-c2ccc(N[C@@](CCc3ccccc3)(Cc3ccccc3)C(=O)NC(=O)O)cc2)c(-c2ccc(N[C@@H](C)C(=O)NC(=O)O)cc2)o1. The lowest BCUT2D eigenvalue weighted by Crippen LogP contribution is -2.55. The Hall–Kier alpha value is -6.43. The number of aryl methyl sites for hydroxylation is 2. The number of aromatic nitrogens is 1. The summed E-state index contributed by atoms with van der Waals surface area (Å²) in [7, 11) is 0. The molecule has 256 valence electrons. The fourth-order valence-electron chi connectivity index (χ4n) is 5.66. The summed E-state index contributed by atoms with van der Waals surface area (Å²) in [6.07, 6.45) is -1.78. The summed E-state index contributed by atoms with van der Waals surface area (Å²) in [5, 5.41) is 28.6. The van der Waals surface area contributed by atoms with Gasteiger partial charge in [-0.25, -0.2) is 14.6 Å². The zero-order valence-corrected chi connectivity index (χ0v) is 27.5. The molecule has 12 heteroatoms. The Morgan fingerprint density at radius 2 is 1.30 bits per heavy atom.